The largest absolute Gasteiger partial charge is 0.348 e. The normalized spacial score (nSPS) is 29.0. The lowest BCUT2D eigenvalue weighted by Crippen LogP contribution is -2.44. The number of hydrogen-bond donors (Lipinski definition) is 2. The van der Waals surface area contributed by atoms with Gasteiger partial charge in [-0.05, 0) is 62.6 Å². The second-order valence-corrected chi connectivity index (χ2v) is 7.13. The molecule has 1 saturated heterocycles. The van der Waals surface area contributed by atoms with Gasteiger partial charge in [-0.25, -0.2) is 0 Å². The number of aryl methyl sites for hydroxylation is 1. The van der Waals surface area contributed by atoms with Crippen LogP contribution in [0.2, 0.25) is 0 Å². The molecule has 1 saturated carbocycles. The molecule has 0 spiro atoms. The summed E-state index contributed by atoms with van der Waals surface area (Å²) in [5.74, 6) is 0.878. The summed E-state index contributed by atoms with van der Waals surface area (Å²) in [7, 11) is 0. The monoisotopic (exact) mass is 300 g/mol. The van der Waals surface area contributed by atoms with Gasteiger partial charge in [0, 0.05) is 6.04 Å². The van der Waals surface area contributed by atoms with Gasteiger partial charge in [0.1, 0.15) is 0 Å². The van der Waals surface area contributed by atoms with Crippen molar-refractivity contribution in [1.29, 1.82) is 0 Å². The van der Waals surface area contributed by atoms with Crippen LogP contribution in [0, 0.1) is 19.8 Å². The highest BCUT2D eigenvalue weighted by Crippen LogP contribution is 2.33. The highest BCUT2D eigenvalue weighted by Gasteiger charge is 2.38. The number of carbonyl (C=O) groups excluding carboxylic acids is 1. The quantitative estimate of drug-likeness (QED) is 0.898. The molecule has 1 heterocycles. The van der Waals surface area contributed by atoms with E-state index >= 15 is 0 Å². The average Bonchev–Trinajstić information content (AvgIpc) is 2.94. The Hall–Kier alpha value is -1.35. The van der Waals surface area contributed by atoms with E-state index < -0.39 is 0 Å². The van der Waals surface area contributed by atoms with Gasteiger partial charge in [0.05, 0.1) is 12.1 Å². The van der Waals surface area contributed by atoms with E-state index in [4.69, 9.17) is 0 Å². The van der Waals surface area contributed by atoms with Crippen LogP contribution in [0.15, 0.2) is 18.2 Å². The van der Waals surface area contributed by atoms with Crippen LogP contribution in [-0.2, 0) is 4.79 Å². The molecule has 2 fully saturated rings. The van der Waals surface area contributed by atoms with Gasteiger partial charge in [-0.3, -0.25) is 4.79 Å². The van der Waals surface area contributed by atoms with Gasteiger partial charge >= 0.3 is 0 Å². The van der Waals surface area contributed by atoms with Crippen LogP contribution in [0.4, 0.5) is 0 Å². The average molecular weight is 300 g/mol. The molecule has 0 radical (unpaired) electrons. The molecule has 2 N–H and O–H groups in total. The molecule has 120 valence electrons. The van der Waals surface area contributed by atoms with Crippen molar-refractivity contribution in [3.8, 4) is 0 Å². The third kappa shape index (κ3) is 3.05. The molecule has 1 aliphatic carbocycles. The summed E-state index contributed by atoms with van der Waals surface area (Å²) in [6.07, 6.45) is 6.17. The topological polar surface area (TPSA) is 41.1 Å². The lowest BCUT2D eigenvalue weighted by molar-refractivity contribution is -0.123. The van der Waals surface area contributed by atoms with E-state index in [-0.39, 0.29) is 18.0 Å². The fraction of sp³-hybridized carbons (Fsp3) is 0.632. The van der Waals surface area contributed by atoms with E-state index in [1.54, 1.807) is 0 Å². The minimum absolute atomic E-state index is 0.000616. The first kappa shape index (κ1) is 15.5. The van der Waals surface area contributed by atoms with Crippen LogP contribution in [-0.4, -0.2) is 18.0 Å². The van der Waals surface area contributed by atoms with E-state index in [0.717, 1.165) is 6.42 Å². The first-order valence-corrected chi connectivity index (χ1v) is 8.69. The molecule has 1 aromatic rings. The Morgan fingerprint density at radius 2 is 2.05 bits per heavy atom. The third-order valence-corrected chi connectivity index (χ3v) is 5.65. The summed E-state index contributed by atoms with van der Waals surface area (Å²) in [5, 5.41) is 6.78. The number of nitrogens with one attached hydrogen (secondary N) is 2. The van der Waals surface area contributed by atoms with Gasteiger partial charge in [0.15, 0.2) is 0 Å². The van der Waals surface area contributed by atoms with Crippen LogP contribution in [0.25, 0.3) is 0 Å². The zero-order valence-corrected chi connectivity index (χ0v) is 14.0. The number of hydrogen-bond acceptors (Lipinski definition) is 2. The molecule has 2 aliphatic rings. The van der Waals surface area contributed by atoms with Crippen molar-refractivity contribution >= 4 is 5.91 Å². The lowest BCUT2D eigenvalue weighted by atomic mass is 9.85. The first-order valence-electron chi connectivity index (χ1n) is 8.69. The Labute approximate surface area is 133 Å². The maximum absolute atomic E-state index is 12.6. The number of fused-ring (bicyclic) bond motifs is 1. The number of carbonyl (C=O) groups is 1. The van der Waals surface area contributed by atoms with Gasteiger partial charge in [0.2, 0.25) is 5.91 Å². The lowest BCUT2D eigenvalue weighted by Gasteiger charge is -2.24. The van der Waals surface area contributed by atoms with E-state index in [1.807, 2.05) is 0 Å². The summed E-state index contributed by atoms with van der Waals surface area (Å²) in [6.45, 7) is 6.34. The molecule has 4 unspecified atom stereocenters. The number of amides is 1. The molecular formula is C19H28N2O. The molecule has 22 heavy (non-hydrogen) atoms. The van der Waals surface area contributed by atoms with Crippen molar-refractivity contribution in [2.45, 2.75) is 71.0 Å². The highest BCUT2D eigenvalue weighted by atomic mass is 16.2. The van der Waals surface area contributed by atoms with Crippen molar-refractivity contribution in [2.75, 3.05) is 0 Å². The van der Waals surface area contributed by atoms with E-state index in [0.29, 0.717) is 12.0 Å². The smallest absolute Gasteiger partial charge is 0.237 e. The van der Waals surface area contributed by atoms with Crippen LogP contribution < -0.4 is 10.6 Å². The third-order valence-electron chi connectivity index (χ3n) is 5.65. The molecule has 3 nitrogen and oxygen atoms in total. The van der Waals surface area contributed by atoms with Crippen LogP contribution in [0.5, 0.6) is 0 Å². The van der Waals surface area contributed by atoms with E-state index in [2.05, 4.69) is 49.6 Å². The van der Waals surface area contributed by atoms with E-state index in [1.165, 1.54) is 42.4 Å². The Balaban J connectivity index is 1.63. The first-order chi connectivity index (χ1) is 10.6. The summed E-state index contributed by atoms with van der Waals surface area (Å²) in [6, 6.07) is 6.95. The Morgan fingerprint density at radius 3 is 2.82 bits per heavy atom. The highest BCUT2D eigenvalue weighted by molar-refractivity contribution is 5.82. The summed E-state index contributed by atoms with van der Waals surface area (Å²) in [5.41, 5.74) is 3.79. The standard InChI is InChI=1S/C19H28N2O/c1-12-7-6-9-16(13(12)2)14(3)20-19(22)18-11-15-8-4-5-10-17(15)21-18/h6-7,9,14-15,17-18,21H,4-5,8,10-11H2,1-3H3,(H,20,22). The molecule has 3 rings (SSSR count). The van der Waals surface area contributed by atoms with Crippen molar-refractivity contribution in [2.24, 2.45) is 5.92 Å². The Bertz CT molecular complexity index is 540. The van der Waals surface area contributed by atoms with Gasteiger partial charge < -0.3 is 10.6 Å². The summed E-state index contributed by atoms with van der Waals surface area (Å²) >= 11 is 0. The SMILES string of the molecule is Cc1cccc(C(C)NC(=O)C2CC3CCCCC3N2)c1C. The molecular weight excluding hydrogens is 272 g/mol. The number of rotatable bonds is 3. The minimum Gasteiger partial charge on any atom is -0.348 e. The molecule has 0 aromatic heterocycles. The van der Waals surface area contributed by atoms with E-state index in [9.17, 15) is 4.79 Å². The predicted molar refractivity (Wildman–Crippen MR) is 89.8 cm³/mol. The molecule has 1 aliphatic heterocycles. The Morgan fingerprint density at radius 1 is 1.27 bits per heavy atom. The molecule has 1 amide bonds. The minimum atomic E-state index is 0.000616. The molecule has 3 heteroatoms. The van der Waals surface area contributed by atoms with Crippen molar-refractivity contribution in [1.82, 2.24) is 10.6 Å². The van der Waals surface area contributed by atoms with Gasteiger partial charge in [-0.1, -0.05) is 31.0 Å². The molecule has 0 bridgehead atoms. The summed E-state index contributed by atoms with van der Waals surface area (Å²) < 4.78 is 0. The fourth-order valence-electron chi connectivity index (χ4n) is 4.16. The second kappa shape index (κ2) is 6.41. The second-order valence-electron chi connectivity index (χ2n) is 7.13. The van der Waals surface area contributed by atoms with Crippen LogP contribution >= 0.6 is 0 Å². The van der Waals surface area contributed by atoms with Gasteiger partial charge in [-0.15, -0.1) is 0 Å². The van der Waals surface area contributed by atoms with Crippen LogP contribution in [0.1, 0.15) is 61.8 Å². The van der Waals surface area contributed by atoms with Crippen LogP contribution in [0.3, 0.4) is 0 Å². The van der Waals surface area contributed by atoms with Crippen molar-refractivity contribution in [3.63, 3.8) is 0 Å². The zero-order chi connectivity index (χ0) is 15.7. The number of benzene rings is 1. The van der Waals surface area contributed by atoms with Crippen molar-refractivity contribution < 1.29 is 4.79 Å². The zero-order valence-electron chi connectivity index (χ0n) is 14.0. The molecule has 4 atom stereocenters. The maximum Gasteiger partial charge on any atom is 0.237 e. The van der Waals surface area contributed by atoms with Crippen molar-refractivity contribution in [3.05, 3.63) is 34.9 Å². The fourth-order valence-corrected chi connectivity index (χ4v) is 4.16. The maximum atomic E-state index is 12.6. The predicted octanol–water partition coefficient (Wildman–Crippen LogP) is 3.40. The van der Waals surface area contributed by atoms with Gasteiger partial charge in [0.25, 0.3) is 0 Å². The molecule has 1 aromatic carbocycles. The summed E-state index contributed by atoms with van der Waals surface area (Å²) in [4.78, 5) is 12.6. The van der Waals surface area contributed by atoms with Gasteiger partial charge in [-0.2, -0.15) is 0 Å². The Kier molecular flexibility index (Phi) is 4.53.